The summed E-state index contributed by atoms with van der Waals surface area (Å²) >= 11 is 3.15. The number of halogens is 2. The molecule has 0 fully saturated rings. The lowest BCUT2D eigenvalue weighted by Gasteiger charge is -2.23. The minimum Gasteiger partial charge on any atom is -0.365 e. The van der Waals surface area contributed by atoms with Crippen LogP contribution < -0.4 is 10.6 Å². The van der Waals surface area contributed by atoms with Crippen molar-refractivity contribution in [2.45, 2.75) is 0 Å². The molecule has 0 heterocycles. The number of nitrogens with two attached hydrogens (primary N) is 1. The van der Waals surface area contributed by atoms with Gasteiger partial charge < -0.3 is 15.5 Å². The van der Waals surface area contributed by atoms with Gasteiger partial charge in [0.25, 0.3) is 5.91 Å². The molecule has 0 aliphatic carbocycles. The maximum Gasteiger partial charge on any atom is 0.253 e. The monoisotopic (exact) mass is 331 g/mol. The molecule has 0 saturated carbocycles. The van der Waals surface area contributed by atoms with Crippen LogP contribution in [0.4, 0.5) is 10.1 Å². The maximum absolute atomic E-state index is 13.8. The lowest BCUT2D eigenvalue weighted by atomic mass is 10.1. The largest absolute Gasteiger partial charge is 0.365 e. The van der Waals surface area contributed by atoms with E-state index >= 15 is 0 Å². The molecular formula is C12H15BrFN3O2. The van der Waals surface area contributed by atoms with Crippen molar-refractivity contribution in [2.24, 2.45) is 5.73 Å². The lowest BCUT2D eigenvalue weighted by Crippen LogP contribution is -2.35. The molecule has 1 rings (SSSR count). The normalized spacial score (nSPS) is 10.2. The average Bonchev–Trinajstić information content (AvgIpc) is 2.26. The van der Waals surface area contributed by atoms with E-state index in [1.165, 1.54) is 9.80 Å². The smallest absolute Gasteiger partial charge is 0.253 e. The van der Waals surface area contributed by atoms with E-state index in [1.54, 1.807) is 27.2 Å². The van der Waals surface area contributed by atoms with Crippen molar-refractivity contribution in [3.05, 3.63) is 28.0 Å². The number of hydrogen-bond donors (Lipinski definition) is 1. The van der Waals surface area contributed by atoms with Crippen molar-refractivity contribution >= 4 is 33.4 Å². The summed E-state index contributed by atoms with van der Waals surface area (Å²) in [5, 5.41) is 0. The number of hydrogen-bond acceptors (Lipinski definition) is 3. The fourth-order valence-electron chi connectivity index (χ4n) is 1.53. The maximum atomic E-state index is 13.8. The average molecular weight is 332 g/mol. The molecule has 1 aromatic carbocycles. The first-order valence-electron chi connectivity index (χ1n) is 5.44. The summed E-state index contributed by atoms with van der Waals surface area (Å²) in [6.45, 7) is 0.0170. The van der Waals surface area contributed by atoms with E-state index in [-0.39, 0.29) is 23.7 Å². The minimum atomic E-state index is -0.871. The Kier molecular flexibility index (Phi) is 4.88. The number of likely N-dealkylation sites (N-methyl/N-ethyl adjacent to an activating group) is 2. The van der Waals surface area contributed by atoms with Gasteiger partial charge in [0.1, 0.15) is 5.82 Å². The van der Waals surface area contributed by atoms with Crippen molar-refractivity contribution in [1.82, 2.24) is 4.90 Å². The second kappa shape index (κ2) is 6.01. The highest BCUT2D eigenvalue weighted by atomic mass is 79.9. The predicted molar refractivity (Wildman–Crippen MR) is 74.6 cm³/mol. The molecule has 0 atom stereocenters. The van der Waals surface area contributed by atoms with Gasteiger partial charge in [-0.05, 0) is 12.1 Å². The van der Waals surface area contributed by atoms with Gasteiger partial charge in [0.2, 0.25) is 5.91 Å². The highest BCUT2D eigenvalue weighted by Gasteiger charge is 2.20. The first kappa shape index (κ1) is 15.4. The van der Waals surface area contributed by atoms with Crippen LogP contribution in [-0.4, -0.2) is 44.4 Å². The summed E-state index contributed by atoms with van der Waals surface area (Å²) in [5.41, 5.74) is 5.23. The molecule has 7 heteroatoms. The van der Waals surface area contributed by atoms with Gasteiger partial charge >= 0.3 is 0 Å². The standard InChI is InChI=1S/C12H15BrFN3O2/c1-16(2)10(18)6-17(3)9-5-7(13)4-8(14)11(9)12(15)19/h4-5H,6H2,1-3H3,(H2,15,19). The summed E-state index contributed by atoms with van der Waals surface area (Å²) in [7, 11) is 4.83. The second-order valence-electron chi connectivity index (χ2n) is 4.29. The van der Waals surface area contributed by atoms with E-state index in [0.29, 0.717) is 4.47 Å². The van der Waals surface area contributed by atoms with Crippen LogP contribution in [0.2, 0.25) is 0 Å². The molecule has 0 aromatic heterocycles. The van der Waals surface area contributed by atoms with Crippen LogP contribution in [0.15, 0.2) is 16.6 Å². The number of anilines is 1. The first-order valence-corrected chi connectivity index (χ1v) is 6.23. The van der Waals surface area contributed by atoms with E-state index in [4.69, 9.17) is 5.73 Å². The SMILES string of the molecule is CN(C)C(=O)CN(C)c1cc(Br)cc(F)c1C(N)=O. The molecular weight excluding hydrogens is 317 g/mol. The number of carbonyl (C=O) groups excluding carboxylic acids is 2. The van der Waals surface area contributed by atoms with E-state index < -0.39 is 11.7 Å². The molecule has 104 valence electrons. The Labute approximate surface area is 119 Å². The Balaban J connectivity index is 3.18. The van der Waals surface area contributed by atoms with Gasteiger partial charge in [-0.2, -0.15) is 0 Å². The van der Waals surface area contributed by atoms with Crippen molar-refractivity contribution in [2.75, 3.05) is 32.6 Å². The molecule has 2 N–H and O–H groups in total. The molecule has 0 aliphatic heterocycles. The fourth-order valence-corrected chi connectivity index (χ4v) is 1.95. The van der Waals surface area contributed by atoms with Crippen LogP contribution in [0.5, 0.6) is 0 Å². The van der Waals surface area contributed by atoms with Crippen LogP contribution in [-0.2, 0) is 4.79 Å². The van der Waals surface area contributed by atoms with Gasteiger partial charge in [-0.15, -0.1) is 0 Å². The van der Waals surface area contributed by atoms with Crippen molar-refractivity contribution in [1.29, 1.82) is 0 Å². The van der Waals surface area contributed by atoms with Crippen LogP contribution >= 0.6 is 15.9 Å². The molecule has 19 heavy (non-hydrogen) atoms. The second-order valence-corrected chi connectivity index (χ2v) is 5.21. The first-order chi connectivity index (χ1) is 8.73. The van der Waals surface area contributed by atoms with Crippen LogP contribution in [0.25, 0.3) is 0 Å². The zero-order valence-electron chi connectivity index (χ0n) is 10.9. The van der Waals surface area contributed by atoms with Gasteiger partial charge in [-0.1, -0.05) is 15.9 Å². The molecule has 0 aliphatic rings. The number of amides is 2. The summed E-state index contributed by atoms with van der Waals surface area (Å²) in [6, 6.07) is 2.71. The quantitative estimate of drug-likeness (QED) is 0.901. The van der Waals surface area contributed by atoms with Gasteiger partial charge in [-0.3, -0.25) is 9.59 Å². The van der Waals surface area contributed by atoms with Gasteiger partial charge in [-0.25, -0.2) is 4.39 Å². The summed E-state index contributed by atoms with van der Waals surface area (Å²) in [5.74, 6) is -1.76. The van der Waals surface area contributed by atoms with Crippen molar-refractivity contribution in [3.8, 4) is 0 Å². The number of benzene rings is 1. The Morgan fingerprint density at radius 2 is 1.89 bits per heavy atom. The molecule has 0 spiro atoms. The zero-order valence-corrected chi connectivity index (χ0v) is 12.5. The zero-order chi connectivity index (χ0) is 14.7. The van der Waals surface area contributed by atoms with E-state index in [0.717, 1.165) is 6.07 Å². The summed E-state index contributed by atoms with van der Waals surface area (Å²) in [6.07, 6.45) is 0. The Morgan fingerprint density at radius 1 is 1.32 bits per heavy atom. The van der Waals surface area contributed by atoms with Gasteiger partial charge in [0.15, 0.2) is 0 Å². The molecule has 0 saturated heterocycles. The summed E-state index contributed by atoms with van der Waals surface area (Å²) < 4.78 is 14.2. The number of primary amides is 1. The molecule has 0 radical (unpaired) electrons. The van der Waals surface area contributed by atoms with Crippen LogP contribution in [0, 0.1) is 5.82 Å². The van der Waals surface area contributed by atoms with Gasteiger partial charge in [0, 0.05) is 25.6 Å². The predicted octanol–water partition coefficient (Wildman–Crippen LogP) is 1.21. The number of carbonyl (C=O) groups is 2. The van der Waals surface area contributed by atoms with Crippen LogP contribution in [0.1, 0.15) is 10.4 Å². The lowest BCUT2D eigenvalue weighted by molar-refractivity contribution is -0.127. The molecule has 0 unspecified atom stereocenters. The molecule has 5 nitrogen and oxygen atoms in total. The Hall–Kier alpha value is -1.63. The van der Waals surface area contributed by atoms with E-state index in [1.807, 2.05) is 0 Å². The highest BCUT2D eigenvalue weighted by molar-refractivity contribution is 9.10. The van der Waals surface area contributed by atoms with Gasteiger partial charge in [0.05, 0.1) is 17.8 Å². The fraction of sp³-hybridized carbons (Fsp3) is 0.333. The highest BCUT2D eigenvalue weighted by Crippen LogP contribution is 2.27. The Bertz CT molecular complexity index is 520. The van der Waals surface area contributed by atoms with Crippen molar-refractivity contribution in [3.63, 3.8) is 0 Å². The Morgan fingerprint density at radius 3 is 2.37 bits per heavy atom. The minimum absolute atomic E-state index is 0.0170. The topological polar surface area (TPSA) is 66.6 Å². The molecule has 2 amide bonds. The third-order valence-corrected chi connectivity index (χ3v) is 3.02. The molecule has 1 aromatic rings. The summed E-state index contributed by atoms with van der Waals surface area (Å²) in [4.78, 5) is 25.9. The number of nitrogens with zero attached hydrogens (tertiary/aromatic N) is 2. The molecule has 0 bridgehead atoms. The van der Waals surface area contributed by atoms with E-state index in [2.05, 4.69) is 15.9 Å². The number of rotatable bonds is 4. The van der Waals surface area contributed by atoms with E-state index in [9.17, 15) is 14.0 Å². The van der Waals surface area contributed by atoms with Crippen LogP contribution in [0.3, 0.4) is 0 Å². The van der Waals surface area contributed by atoms with Crippen molar-refractivity contribution < 1.29 is 14.0 Å². The third kappa shape index (κ3) is 3.66. The third-order valence-electron chi connectivity index (χ3n) is 2.56.